The molecule has 5 heteroatoms. The molecule has 0 aliphatic carbocycles. The molecule has 0 bridgehead atoms. The fourth-order valence-corrected chi connectivity index (χ4v) is 2.90. The van der Waals surface area contributed by atoms with Crippen molar-refractivity contribution in [2.75, 3.05) is 5.32 Å². The Bertz CT molecular complexity index is 953. The SMILES string of the molecule is Cc1cc(C)n(-c2ccccc2CN=C(N)Nc2ccc(C)c(C)c2)n1. The van der Waals surface area contributed by atoms with E-state index in [0.29, 0.717) is 12.5 Å². The first-order valence-electron chi connectivity index (χ1n) is 8.70. The van der Waals surface area contributed by atoms with Crippen LogP contribution in [0.15, 0.2) is 53.5 Å². The van der Waals surface area contributed by atoms with Crippen LogP contribution in [0.3, 0.4) is 0 Å². The molecule has 0 saturated heterocycles. The summed E-state index contributed by atoms with van der Waals surface area (Å²) in [6.07, 6.45) is 0. The van der Waals surface area contributed by atoms with Gasteiger partial charge in [0.15, 0.2) is 5.96 Å². The minimum atomic E-state index is 0.399. The summed E-state index contributed by atoms with van der Waals surface area (Å²) in [5.74, 6) is 0.399. The van der Waals surface area contributed by atoms with Gasteiger partial charge in [0.05, 0.1) is 17.9 Å². The van der Waals surface area contributed by atoms with Gasteiger partial charge in [0.1, 0.15) is 0 Å². The number of para-hydroxylation sites is 1. The van der Waals surface area contributed by atoms with Gasteiger partial charge in [0.2, 0.25) is 0 Å². The molecule has 0 amide bonds. The Morgan fingerprint density at radius 3 is 2.50 bits per heavy atom. The molecule has 2 aromatic carbocycles. The number of anilines is 1. The molecule has 0 aliphatic heterocycles. The molecule has 3 N–H and O–H groups in total. The number of hydrogen-bond donors (Lipinski definition) is 2. The van der Waals surface area contributed by atoms with Gasteiger partial charge in [-0.1, -0.05) is 24.3 Å². The van der Waals surface area contributed by atoms with E-state index in [2.05, 4.69) is 66.5 Å². The second kappa shape index (κ2) is 7.44. The Balaban J connectivity index is 1.79. The molecule has 26 heavy (non-hydrogen) atoms. The van der Waals surface area contributed by atoms with Gasteiger partial charge in [-0.25, -0.2) is 9.67 Å². The lowest BCUT2D eigenvalue weighted by atomic mass is 10.1. The van der Waals surface area contributed by atoms with Crippen molar-refractivity contribution in [3.05, 3.63) is 76.6 Å². The topological polar surface area (TPSA) is 68.2 Å². The summed E-state index contributed by atoms with van der Waals surface area (Å²) in [5.41, 5.74) is 13.7. The lowest BCUT2D eigenvalue weighted by Crippen LogP contribution is -2.22. The Hall–Kier alpha value is -3.08. The number of hydrogen-bond acceptors (Lipinski definition) is 2. The van der Waals surface area contributed by atoms with Crippen molar-refractivity contribution in [2.45, 2.75) is 34.2 Å². The third-order valence-corrected chi connectivity index (χ3v) is 4.43. The Labute approximate surface area is 154 Å². The molecule has 0 radical (unpaired) electrons. The highest BCUT2D eigenvalue weighted by Crippen LogP contribution is 2.18. The molecule has 0 aliphatic rings. The number of nitrogens with two attached hydrogens (primary N) is 1. The number of aromatic nitrogens is 2. The predicted octanol–water partition coefficient (Wildman–Crippen LogP) is 4.03. The minimum Gasteiger partial charge on any atom is -0.370 e. The van der Waals surface area contributed by atoms with E-state index >= 15 is 0 Å². The standard InChI is InChI=1S/C21H25N5/c1-14-9-10-19(11-15(14)2)24-21(22)23-13-18-7-5-6-8-20(18)26-17(4)12-16(3)25-26/h5-12H,13H2,1-4H3,(H3,22,23,24). The van der Waals surface area contributed by atoms with Crippen molar-refractivity contribution < 1.29 is 0 Å². The number of aryl methyl sites for hydroxylation is 4. The van der Waals surface area contributed by atoms with E-state index in [-0.39, 0.29) is 0 Å². The molecule has 3 rings (SSSR count). The van der Waals surface area contributed by atoms with Crippen LogP contribution in [0.25, 0.3) is 5.69 Å². The van der Waals surface area contributed by atoms with Gasteiger partial charge in [-0.15, -0.1) is 0 Å². The number of guanidine groups is 1. The summed E-state index contributed by atoms with van der Waals surface area (Å²) in [5, 5.41) is 7.74. The zero-order chi connectivity index (χ0) is 18.7. The molecule has 0 fully saturated rings. The summed E-state index contributed by atoms with van der Waals surface area (Å²) in [7, 11) is 0. The zero-order valence-corrected chi connectivity index (χ0v) is 15.7. The second-order valence-electron chi connectivity index (χ2n) is 6.59. The van der Waals surface area contributed by atoms with Gasteiger partial charge in [-0.3, -0.25) is 0 Å². The molecule has 134 valence electrons. The fourth-order valence-electron chi connectivity index (χ4n) is 2.90. The first-order valence-corrected chi connectivity index (χ1v) is 8.70. The molecule has 5 nitrogen and oxygen atoms in total. The first kappa shape index (κ1) is 17.7. The Morgan fingerprint density at radius 2 is 1.81 bits per heavy atom. The van der Waals surface area contributed by atoms with E-state index in [4.69, 9.17) is 5.73 Å². The monoisotopic (exact) mass is 347 g/mol. The van der Waals surface area contributed by atoms with Crippen molar-refractivity contribution in [3.8, 4) is 5.69 Å². The van der Waals surface area contributed by atoms with E-state index in [1.165, 1.54) is 11.1 Å². The average Bonchev–Trinajstić information content (AvgIpc) is 2.95. The molecule has 1 aromatic heterocycles. The molecular weight excluding hydrogens is 322 g/mol. The maximum atomic E-state index is 6.08. The highest BCUT2D eigenvalue weighted by Gasteiger charge is 2.08. The number of aliphatic imine (C=N–C) groups is 1. The van der Waals surface area contributed by atoms with Crippen molar-refractivity contribution in [1.82, 2.24) is 9.78 Å². The van der Waals surface area contributed by atoms with Crippen LogP contribution in [0.4, 0.5) is 5.69 Å². The summed E-state index contributed by atoms with van der Waals surface area (Å²) < 4.78 is 1.95. The predicted molar refractivity (Wildman–Crippen MR) is 108 cm³/mol. The highest BCUT2D eigenvalue weighted by molar-refractivity contribution is 5.92. The lowest BCUT2D eigenvalue weighted by molar-refractivity contribution is 0.818. The van der Waals surface area contributed by atoms with Gasteiger partial charge < -0.3 is 11.1 Å². The number of nitrogens with one attached hydrogen (secondary N) is 1. The maximum Gasteiger partial charge on any atom is 0.193 e. The van der Waals surface area contributed by atoms with E-state index in [9.17, 15) is 0 Å². The van der Waals surface area contributed by atoms with Gasteiger partial charge in [-0.05, 0) is 68.7 Å². The Kier molecular flexibility index (Phi) is 5.07. The second-order valence-corrected chi connectivity index (χ2v) is 6.59. The lowest BCUT2D eigenvalue weighted by Gasteiger charge is -2.11. The van der Waals surface area contributed by atoms with Crippen molar-refractivity contribution in [2.24, 2.45) is 10.7 Å². The molecular formula is C21H25N5. The molecule has 0 spiro atoms. The first-order chi connectivity index (χ1) is 12.4. The van der Waals surface area contributed by atoms with Crippen LogP contribution in [-0.2, 0) is 6.54 Å². The van der Waals surface area contributed by atoms with Crippen LogP contribution in [-0.4, -0.2) is 15.7 Å². The average molecular weight is 347 g/mol. The van der Waals surface area contributed by atoms with Gasteiger partial charge in [0.25, 0.3) is 0 Å². The van der Waals surface area contributed by atoms with Crippen molar-refractivity contribution in [3.63, 3.8) is 0 Å². The van der Waals surface area contributed by atoms with E-state index < -0.39 is 0 Å². The van der Waals surface area contributed by atoms with E-state index in [1.807, 2.05) is 29.8 Å². The van der Waals surface area contributed by atoms with Crippen molar-refractivity contribution >= 4 is 11.6 Å². The largest absolute Gasteiger partial charge is 0.370 e. The highest BCUT2D eigenvalue weighted by atomic mass is 15.3. The molecule has 0 unspecified atom stereocenters. The molecule has 1 heterocycles. The van der Waals surface area contributed by atoms with E-state index in [0.717, 1.165) is 28.3 Å². The summed E-state index contributed by atoms with van der Waals surface area (Å²) >= 11 is 0. The zero-order valence-electron chi connectivity index (χ0n) is 15.7. The molecule has 3 aromatic rings. The number of rotatable bonds is 4. The summed E-state index contributed by atoms with van der Waals surface area (Å²) in [6.45, 7) is 8.70. The van der Waals surface area contributed by atoms with Crippen LogP contribution >= 0.6 is 0 Å². The van der Waals surface area contributed by atoms with Crippen LogP contribution in [0.2, 0.25) is 0 Å². The van der Waals surface area contributed by atoms with Crippen LogP contribution in [0, 0.1) is 27.7 Å². The van der Waals surface area contributed by atoms with Crippen LogP contribution < -0.4 is 11.1 Å². The number of benzene rings is 2. The van der Waals surface area contributed by atoms with Gasteiger partial charge in [-0.2, -0.15) is 5.10 Å². The molecule has 0 saturated carbocycles. The number of nitrogens with zero attached hydrogens (tertiary/aromatic N) is 3. The quantitative estimate of drug-likeness (QED) is 0.553. The summed E-state index contributed by atoms with van der Waals surface area (Å²) in [4.78, 5) is 4.51. The van der Waals surface area contributed by atoms with E-state index in [1.54, 1.807) is 0 Å². The molecule has 0 atom stereocenters. The minimum absolute atomic E-state index is 0.399. The smallest absolute Gasteiger partial charge is 0.193 e. The van der Waals surface area contributed by atoms with Gasteiger partial charge >= 0.3 is 0 Å². The third kappa shape index (κ3) is 3.94. The van der Waals surface area contributed by atoms with Crippen LogP contribution in [0.1, 0.15) is 28.1 Å². The summed E-state index contributed by atoms with van der Waals surface area (Å²) in [6, 6.07) is 16.3. The van der Waals surface area contributed by atoms with Crippen molar-refractivity contribution in [1.29, 1.82) is 0 Å². The normalized spacial score (nSPS) is 11.6. The Morgan fingerprint density at radius 1 is 1.04 bits per heavy atom. The van der Waals surface area contributed by atoms with Gasteiger partial charge in [0, 0.05) is 11.4 Å². The third-order valence-electron chi connectivity index (χ3n) is 4.43. The van der Waals surface area contributed by atoms with Crippen LogP contribution in [0.5, 0.6) is 0 Å². The maximum absolute atomic E-state index is 6.08. The fraction of sp³-hybridized carbons (Fsp3) is 0.238.